The number of para-hydroxylation sites is 1. The van der Waals surface area contributed by atoms with Crippen molar-refractivity contribution in [2.24, 2.45) is 5.92 Å². The second kappa shape index (κ2) is 17.8. The lowest BCUT2D eigenvalue weighted by Crippen LogP contribution is -2.63. The molecule has 12 nitrogen and oxygen atoms in total. The van der Waals surface area contributed by atoms with Gasteiger partial charge in [-0.1, -0.05) is 48.5 Å². The Kier molecular flexibility index (Phi) is 12.9. The average molecular weight is 851 g/mol. The van der Waals surface area contributed by atoms with Crippen LogP contribution in [0.15, 0.2) is 78.4 Å². The number of amides is 2. The van der Waals surface area contributed by atoms with E-state index < -0.39 is 54.0 Å². The topological polar surface area (TPSA) is 130 Å². The van der Waals surface area contributed by atoms with Crippen LogP contribution in [0.3, 0.4) is 0 Å². The molecule has 0 spiro atoms. The van der Waals surface area contributed by atoms with E-state index in [1.165, 1.54) is 11.3 Å². The highest BCUT2D eigenvalue weighted by Crippen LogP contribution is 2.48. The third-order valence-electron chi connectivity index (χ3n) is 11.9. The van der Waals surface area contributed by atoms with Crippen molar-refractivity contribution in [1.82, 2.24) is 30.0 Å². The molecular formula is C44H53F3N6O6S. The maximum atomic E-state index is 14.9. The van der Waals surface area contributed by atoms with E-state index in [1.54, 1.807) is 29.3 Å². The fourth-order valence-electron chi connectivity index (χ4n) is 8.68. The number of carbonyl (C=O) groups is 2. The van der Waals surface area contributed by atoms with Crippen LogP contribution in [0.1, 0.15) is 63.4 Å². The molecule has 60 heavy (non-hydrogen) atoms. The zero-order valence-corrected chi connectivity index (χ0v) is 35.3. The molecule has 2 aromatic heterocycles. The van der Waals surface area contributed by atoms with Crippen molar-refractivity contribution in [2.45, 2.75) is 88.7 Å². The molecule has 3 aliphatic heterocycles. The number of nitrogens with zero attached hydrogens (tertiary/aromatic N) is 5. The Bertz CT molecular complexity index is 2120. The smallest absolute Gasteiger partial charge is 0.405 e. The molecule has 7 rings (SSSR count). The number of methoxy groups -OCH3 is 1. The number of thiazole rings is 1. The number of aryl methyl sites for hydroxylation is 1. The summed E-state index contributed by atoms with van der Waals surface area (Å²) >= 11 is 1.44. The highest BCUT2D eigenvalue weighted by atomic mass is 32.1. The first-order valence-corrected chi connectivity index (χ1v) is 21.2. The lowest BCUT2D eigenvalue weighted by atomic mass is 9.89. The molecule has 3 aliphatic rings. The minimum atomic E-state index is -4.61. The van der Waals surface area contributed by atoms with Crippen LogP contribution in [-0.4, -0.2) is 118 Å². The Morgan fingerprint density at radius 1 is 1.08 bits per heavy atom. The van der Waals surface area contributed by atoms with E-state index in [1.807, 2.05) is 98.6 Å². The van der Waals surface area contributed by atoms with Crippen molar-refractivity contribution in [1.29, 1.82) is 0 Å². The minimum absolute atomic E-state index is 0.0280. The summed E-state index contributed by atoms with van der Waals surface area (Å²) in [7, 11) is 1.56. The fraction of sp³-hybridized carbons (Fsp3) is 0.500. The van der Waals surface area contributed by atoms with Gasteiger partial charge in [-0.15, -0.1) is 11.3 Å². The lowest BCUT2D eigenvalue weighted by molar-refractivity contribution is -0.153. The van der Waals surface area contributed by atoms with Gasteiger partial charge in [0.15, 0.2) is 0 Å². The summed E-state index contributed by atoms with van der Waals surface area (Å²) in [5.74, 6) is -0.321. The number of benzene rings is 2. The van der Waals surface area contributed by atoms with Crippen molar-refractivity contribution >= 4 is 23.2 Å². The van der Waals surface area contributed by atoms with Gasteiger partial charge in [0, 0.05) is 54.8 Å². The molecule has 16 heteroatoms. The molecular weight excluding hydrogens is 798 g/mol. The van der Waals surface area contributed by atoms with Crippen LogP contribution in [0.4, 0.5) is 13.2 Å². The second-order valence-corrected chi connectivity index (χ2v) is 17.6. The highest BCUT2D eigenvalue weighted by molar-refractivity contribution is 7.13. The van der Waals surface area contributed by atoms with E-state index in [4.69, 9.17) is 19.2 Å². The number of halogens is 3. The summed E-state index contributed by atoms with van der Waals surface area (Å²) in [5, 5.41) is 16.6. The largest absolute Gasteiger partial charge is 0.495 e. The standard InChI is InChI=1S/C44H53F3N6O6S/c1-42(2,37-26-60-40(50-37)30-20-32(57-5)22-48-21-30)52-18-17-51(34(24-52)39(55)49-27-44(45,46)47)23-31(54)19-29(16-15-28-11-7-6-8-12-28)41(56)53-38-33-13-9-10-14-35(33)58-25-36(38)59-43(53,3)4/h6-14,20-22,26,29,31,34,36,38,54H,15-19,23-25,27H2,1-5H3,(H,49,55)/t29-,31+,34+,36-,38+/m1/s1. The van der Waals surface area contributed by atoms with Crippen molar-refractivity contribution in [3.63, 3.8) is 0 Å². The summed E-state index contributed by atoms with van der Waals surface area (Å²) in [6.45, 7) is 7.25. The van der Waals surface area contributed by atoms with Crippen LogP contribution in [0.5, 0.6) is 11.5 Å². The van der Waals surface area contributed by atoms with Crippen LogP contribution < -0.4 is 14.8 Å². The van der Waals surface area contributed by atoms with Gasteiger partial charge in [0.25, 0.3) is 0 Å². The fourth-order valence-corrected chi connectivity index (χ4v) is 9.65. The molecule has 0 unspecified atom stereocenters. The third-order valence-corrected chi connectivity index (χ3v) is 12.8. The average Bonchev–Trinajstić information content (AvgIpc) is 3.84. The number of aliphatic hydroxyl groups excluding tert-OH is 1. The van der Waals surface area contributed by atoms with Crippen LogP contribution in [0, 0.1) is 5.92 Å². The number of pyridine rings is 1. The number of hydrogen-bond acceptors (Lipinski definition) is 11. The van der Waals surface area contributed by atoms with E-state index in [0.29, 0.717) is 30.9 Å². The quantitative estimate of drug-likeness (QED) is 0.151. The summed E-state index contributed by atoms with van der Waals surface area (Å²) in [4.78, 5) is 43.3. The molecule has 0 saturated carbocycles. The number of ether oxygens (including phenoxy) is 3. The SMILES string of the molecule is COc1cncc(-c2nc(C(C)(C)N3CCN(C[C@@H](O)C[C@@H](CCc4ccccc4)C(=O)N4[C@H]5c6ccccc6OC[C@H]5OC4(C)C)[C@H](C(=O)NCC(F)(F)F)C3)cs2)c1. The molecule has 2 amide bonds. The number of hydrogen-bond donors (Lipinski definition) is 2. The number of aromatic nitrogens is 2. The third kappa shape index (κ3) is 9.62. The van der Waals surface area contributed by atoms with Gasteiger partial charge in [-0.25, -0.2) is 4.98 Å². The Labute approximate surface area is 352 Å². The van der Waals surface area contributed by atoms with Gasteiger partial charge in [-0.2, -0.15) is 13.2 Å². The molecule has 2 fully saturated rings. The number of alkyl halides is 3. The van der Waals surface area contributed by atoms with Crippen LogP contribution in [-0.2, 0) is 26.3 Å². The van der Waals surface area contributed by atoms with Crippen molar-refractivity contribution in [3.8, 4) is 22.1 Å². The van der Waals surface area contributed by atoms with Gasteiger partial charge in [-0.3, -0.25) is 24.4 Å². The molecule has 5 heterocycles. The number of carbonyl (C=O) groups excluding carboxylic acids is 2. The van der Waals surface area contributed by atoms with Gasteiger partial charge < -0.3 is 29.5 Å². The molecule has 0 bridgehead atoms. The van der Waals surface area contributed by atoms with Gasteiger partial charge in [0.1, 0.15) is 47.5 Å². The first-order valence-electron chi connectivity index (χ1n) is 20.3. The van der Waals surface area contributed by atoms with Gasteiger partial charge in [-0.05, 0) is 64.7 Å². The maximum absolute atomic E-state index is 14.9. The van der Waals surface area contributed by atoms with Crippen LogP contribution in [0.25, 0.3) is 10.6 Å². The number of fused-ring (bicyclic) bond motifs is 3. The molecule has 5 atom stereocenters. The molecule has 322 valence electrons. The van der Waals surface area contributed by atoms with Crippen molar-refractivity contribution in [2.75, 3.05) is 46.4 Å². The predicted octanol–water partition coefficient (Wildman–Crippen LogP) is 6.21. The monoisotopic (exact) mass is 850 g/mol. The van der Waals surface area contributed by atoms with Gasteiger partial charge in [0.2, 0.25) is 11.8 Å². The molecule has 4 aromatic rings. The first kappa shape index (κ1) is 43.5. The van der Waals surface area contributed by atoms with E-state index in [9.17, 15) is 27.9 Å². The number of nitrogens with one attached hydrogen (secondary N) is 1. The molecule has 0 radical (unpaired) electrons. The minimum Gasteiger partial charge on any atom is -0.495 e. The van der Waals surface area contributed by atoms with Gasteiger partial charge >= 0.3 is 6.18 Å². The summed E-state index contributed by atoms with van der Waals surface area (Å²) in [6, 6.07) is 17.9. The molecule has 2 N–H and O–H groups in total. The molecule has 0 aliphatic carbocycles. The molecule has 2 aromatic carbocycles. The summed E-state index contributed by atoms with van der Waals surface area (Å²) in [6.07, 6.45) is -1.70. The Hall–Kier alpha value is -4.61. The second-order valence-electron chi connectivity index (χ2n) is 16.7. The number of piperazine rings is 1. The summed E-state index contributed by atoms with van der Waals surface area (Å²) < 4.78 is 58.0. The normalized spacial score (nSPS) is 21.7. The Morgan fingerprint density at radius 2 is 1.83 bits per heavy atom. The Balaban J connectivity index is 1.11. The zero-order valence-electron chi connectivity index (χ0n) is 34.5. The number of rotatable bonds is 14. The Morgan fingerprint density at radius 3 is 2.58 bits per heavy atom. The summed E-state index contributed by atoms with van der Waals surface area (Å²) in [5.41, 5.74) is 1.73. The van der Waals surface area contributed by atoms with Crippen molar-refractivity contribution in [3.05, 3.63) is 95.3 Å². The molecule has 2 saturated heterocycles. The predicted molar refractivity (Wildman–Crippen MR) is 220 cm³/mol. The maximum Gasteiger partial charge on any atom is 0.405 e. The highest BCUT2D eigenvalue weighted by Gasteiger charge is 2.54. The van der Waals surface area contributed by atoms with Gasteiger partial charge in [0.05, 0.1) is 36.7 Å². The van der Waals surface area contributed by atoms with E-state index >= 15 is 0 Å². The number of aliphatic hydroxyl groups is 1. The first-order chi connectivity index (χ1) is 28.5. The van der Waals surface area contributed by atoms with Crippen LogP contribution >= 0.6 is 11.3 Å². The zero-order chi connectivity index (χ0) is 42.8. The van der Waals surface area contributed by atoms with Crippen LogP contribution in [0.2, 0.25) is 0 Å². The van der Waals surface area contributed by atoms with Crippen molar-refractivity contribution < 1.29 is 42.1 Å². The van der Waals surface area contributed by atoms with E-state index in [-0.39, 0.29) is 44.7 Å². The van der Waals surface area contributed by atoms with E-state index in [2.05, 4.69) is 10.3 Å². The number of β-amino-alcohol motifs (C(OH)–C–C–N with tert-alkyl or cyclic N) is 1. The lowest BCUT2D eigenvalue weighted by Gasteiger charge is -2.47. The van der Waals surface area contributed by atoms with E-state index in [0.717, 1.165) is 27.4 Å².